The first kappa shape index (κ1) is 14.3. The largest absolute Gasteiger partial charge is 0.237 e. The van der Waals surface area contributed by atoms with Gasteiger partial charge in [-0.2, -0.15) is 5.10 Å². The minimum atomic E-state index is 0.867. The van der Waals surface area contributed by atoms with Crippen molar-refractivity contribution in [2.45, 2.75) is 45.9 Å². The predicted octanol–water partition coefficient (Wildman–Crippen LogP) is 4.64. The molecule has 0 N–H and O–H groups in total. The number of aryl methyl sites for hydroxylation is 3. The summed E-state index contributed by atoms with van der Waals surface area (Å²) in [7, 11) is 0. The molecule has 0 aliphatic heterocycles. The fraction of sp³-hybridized carbons (Fsp3) is 0.438. The Morgan fingerprint density at radius 3 is 2.32 bits per heavy atom. The Morgan fingerprint density at radius 1 is 1.16 bits per heavy atom. The average molecular weight is 321 g/mol. The van der Waals surface area contributed by atoms with Crippen molar-refractivity contribution in [1.29, 1.82) is 0 Å². The smallest absolute Gasteiger partial charge is 0.0707 e. The number of hydrogen-bond acceptors (Lipinski definition) is 1. The van der Waals surface area contributed by atoms with Crippen LogP contribution in [0.5, 0.6) is 0 Å². The van der Waals surface area contributed by atoms with Crippen molar-refractivity contribution in [2.24, 2.45) is 0 Å². The molecule has 1 aromatic carbocycles. The maximum Gasteiger partial charge on any atom is 0.0707 e. The van der Waals surface area contributed by atoms with Crippen molar-refractivity contribution < 1.29 is 0 Å². The van der Waals surface area contributed by atoms with E-state index in [2.05, 4.69) is 65.5 Å². The van der Waals surface area contributed by atoms with Crippen LogP contribution in [0.4, 0.5) is 0 Å². The zero-order valence-electron chi connectivity index (χ0n) is 12.1. The van der Waals surface area contributed by atoms with Gasteiger partial charge >= 0.3 is 0 Å². The van der Waals surface area contributed by atoms with Crippen LogP contribution in [-0.4, -0.2) is 9.78 Å². The lowest BCUT2D eigenvalue weighted by molar-refractivity contribution is 0.764. The number of alkyl halides is 1. The van der Waals surface area contributed by atoms with Crippen molar-refractivity contribution in [3.63, 3.8) is 0 Å². The van der Waals surface area contributed by atoms with Gasteiger partial charge in [0.1, 0.15) is 0 Å². The van der Waals surface area contributed by atoms with Crippen molar-refractivity contribution in [3.05, 3.63) is 46.3 Å². The normalized spacial score (nSPS) is 11.0. The molecule has 0 aliphatic carbocycles. The molecule has 19 heavy (non-hydrogen) atoms. The number of benzene rings is 1. The van der Waals surface area contributed by atoms with Gasteiger partial charge in [0.2, 0.25) is 0 Å². The third kappa shape index (κ3) is 2.76. The van der Waals surface area contributed by atoms with Gasteiger partial charge in [-0.15, -0.1) is 0 Å². The summed E-state index contributed by atoms with van der Waals surface area (Å²) in [6.45, 7) is 8.69. The van der Waals surface area contributed by atoms with Crippen LogP contribution in [0.2, 0.25) is 0 Å². The van der Waals surface area contributed by atoms with Gasteiger partial charge in [0.25, 0.3) is 0 Å². The molecule has 0 bridgehead atoms. The van der Waals surface area contributed by atoms with Crippen LogP contribution in [0.25, 0.3) is 5.69 Å². The Morgan fingerprint density at radius 2 is 1.79 bits per heavy atom. The number of aromatic nitrogens is 2. The van der Waals surface area contributed by atoms with E-state index in [1.807, 2.05) is 6.20 Å². The molecule has 0 spiro atoms. The molecule has 2 aromatic rings. The van der Waals surface area contributed by atoms with E-state index in [1.54, 1.807) is 0 Å². The van der Waals surface area contributed by atoms with Gasteiger partial charge in [0.05, 0.1) is 11.9 Å². The monoisotopic (exact) mass is 320 g/mol. The predicted molar refractivity (Wildman–Crippen MR) is 84.4 cm³/mol. The minimum Gasteiger partial charge on any atom is -0.237 e. The van der Waals surface area contributed by atoms with Crippen LogP contribution < -0.4 is 0 Å². The van der Waals surface area contributed by atoms with Gasteiger partial charge in [-0.3, -0.25) is 0 Å². The van der Waals surface area contributed by atoms with Gasteiger partial charge in [-0.25, -0.2) is 4.68 Å². The molecular formula is C16H21BrN2. The SMILES string of the molecule is CCCc1c(CBr)cnn1-c1c(C)cc(C)cc1C. The molecule has 1 aromatic heterocycles. The molecule has 0 saturated carbocycles. The lowest BCUT2D eigenvalue weighted by Crippen LogP contribution is -2.07. The maximum absolute atomic E-state index is 4.61. The molecule has 2 nitrogen and oxygen atoms in total. The van der Waals surface area contributed by atoms with Gasteiger partial charge in [0.15, 0.2) is 0 Å². The third-order valence-electron chi connectivity index (χ3n) is 3.43. The van der Waals surface area contributed by atoms with Crippen LogP contribution in [0, 0.1) is 20.8 Å². The molecule has 2 rings (SSSR count). The molecule has 1 heterocycles. The highest BCUT2D eigenvalue weighted by molar-refractivity contribution is 9.08. The van der Waals surface area contributed by atoms with Gasteiger partial charge in [-0.05, 0) is 38.3 Å². The van der Waals surface area contributed by atoms with Crippen molar-refractivity contribution >= 4 is 15.9 Å². The average Bonchev–Trinajstić information content (AvgIpc) is 2.72. The van der Waals surface area contributed by atoms with Crippen LogP contribution in [0.1, 0.15) is 41.3 Å². The van der Waals surface area contributed by atoms with Crippen molar-refractivity contribution in [2.75, 3.05) is 0 Å². The highest BCUT2D eigenvalue weighted by Crippen LogP contribution is 2.25. The van der Waals surface area contributed by atoms with E-state index in [4.69, 9.17) is 0 Å². The van der Waals surface area contributed by atoms with E-state index >= 15 is 0 Å². The standard InChI is InChI=1S/C16H21BrN2/c1-5-6-15-14(9-17)10-18-19(15)16-12(3)7-11(2)8-13(16)4/h7-8,10H,5-6,9H2,1-4H3. The van der Waals surface area contributed by atoms with E-state index in [0.717, 1.165) is 18.2 Å². The second-order valence-electron chi connectivity index (χ2n) is 5.16. The molecule has 0 saturated heterocycles. The van der Waals surface area contributed by atoms with Crippen LogP contribution >= 0.6 is 15.9 Å². The highest BCUT2D eigenvalue weighted by Gasteiger charge is 2.14. The summed E-state index contributed by atoms with van der Waals surface area (Å²) < 4.78 is 2.13. The molecule has 0 fully saturated rings. The fourth-order valence-corrected chi connectivity index (χ4v) is 3.19. The van der Waals surface area contributed by atoms with E-state index in [-0.39, 0.29) is 0 Å². The van der Waals surface area contributed by atoms with Gasteiger partial charge < -0.3 is 0 Å². The zero-order chi connectivity index (χ0) is 14.0. The summed E-state index contributed by atoms with van der Waals surface area (Å²) in [5, 5.41) is 5.48. The Balaban J connectivity index is 2.62. The molecule has 3 heteroatoms. The van der Waals surface area contributed by atoms with Crippen molar-refractivity contribution in [3.8, 4) is 5.69 Å². The van der Waals surface area contributed by atoms with Gasteiger partial charge in [0, 0.05) is 16.6 Å². The topological polar surface area (TPSA) is 17.8 Å². The molecule has 0 atom stereocenters. The summed E-state index contributed by atoms with van der Waals surface area (Å²) in [6, 6.07) is 4.46. The molecule has 0 radical (unpaired) electrons. The number of halogens is 1. The van der Waals surface area contributed by atoms with Crippen LogP contribution in [0.15, 0.2) is 18.3 Å². The zero-order valence-corrected chi connectivity index (χ0v) is 13.7. The Kier molecular flexibility index (Phi) is 4.46. The van der Waals surface area contributed by atoms with Gasteiger partial charge in [-0.1, -0.05) is 47.0 Å². The highest BCUT2D eigenvalue weighted by atomic mass is 79.9. The first-order valence-electron chi connectivity index (χ1n) is 6.78. The van der Waals surface area contributed by atoms with Crippen LogP contribution in [0.3, 0.4) is 0 Å². The summed E-state index contributed by atoms with van der Waals surface area (Å²) in [6.07, 6.45) is 4.18. The Bertz CT molecular complexity index is 561. The third-order valence-corrected chi connectivity index (χ3v) is 4.04. The first-order chi connectivity index (χ1) is 9.08. The molecule has 0 unspecified atom stereocenters. The molecule has 0 amide bonds. The fourth-order valence-electron chi connectivity index (χ4n) is 2.72. The van der Waals surface area contributed by atoms with E-state index < -0.39 is 0 Å². The van der Waals surface area contributed by atoms with E-state index in [9.17, 15) is 0 Å². The Hall–Kier alpha value is -1.09. The Labute approximate surface area is 124 Å². The maximum atomic E-state index is 4.61. The van der Waals surface area contributed by atoms with Crippen LogP contribution in [-0.2, 0) is 11.8 Å². The second-order valence-corrected chi connectivity index (χ2v) is 5.72. The van der Waals surface area contributed by atoms with E-state index in [1.165, 1.54) is 33.6 Å². The summed E-state index contributed by atoms with van der Waals surface area (Å²) in [5.74, 6) is 0. The quantitative estimate of drug-likeness (QED) is 0.750. The molecule has 0 aliphatic rings. The van der Waals surface area contributed by atoms with Crippen molar-refractivity contribution in [1.82, 2.24) is 9.78 Å². The first-order valence-corrected chi connectivity index (χ1v) is 7.90. The minimum absolute atomic E-state index is 0.867. The second kappa shape index (κ2) is 5.91. The lowest BCUT2D eigenvalue weighted by atomic mass is 10.0. The number of rotatable bonds is 4. The number of nitrogens with zero attached hydrogens (tertiary/aromatic N) is 2. The number of hydrogen-bond donors (Lipinski definition) is 0. The molecule has 102 valence electrons. The summed E-state index contributed by atoms with van der Waals surface area (Å²) in [4.78, 5) is 0. The molecular weight excluding hydrogens is 300 g/mol. The van der Waals surface area contributed by atoms with E-state index in [0.29, 0.717) is 0 Å². The lowest BCUT2D eigenvalue weighted by Gasteiger charge is -2.15. The summed E-state index contributed by atoms with van der Waals surface area (Å²) >= 11 is 3.56. The summed E-state index contributed by atoms with van der Waals surface area (Å²) in [5.41, 5.74) is 7.75.